The molecule has 1 saturated heterocycles. The predicted octanol–water partition coefficient (Wildman–Crippen LogP) is 1.77. The Morgan fingerprint density at radius 1 is 1.39 bits per heavy atom. The van der Waals surface area contributed by atoms with Crippen LogP contribution in [-0.2, 0) is 0 Å². The van der Waals surface area contributed by atoms with E-state index in [4.69, 9.17) is 0 Å². The average molecular weight is 248 g/mol. The standard InChI is InChI=1S/C14H20N2O2/c1-10(2)12-8-15-14(18)16(12)13(9-17)11-6-4-3-5-7-11/h3-7,10,12-13,17H,8-9H2,1-2H3,(H,15,18)/t12-,13-/m1/s1. The molecule has 1 heterocycles. The number of nitrogens with zero attached hydrogens (tertiary/aromatic N) is 1. The van der Waals surface area contributed by atoms with Crippen molar-refractivity contribution in [2.75, 3.05) is 13.2 Å². The Balaban J connectivity index is 2.28. The lowest BCUT2D eigenvalue weighted by atomic mass is 9.99. The smallest absolute Gasteiger partial charge is 0.318 e. The van der Waals surface area contributed by atoms with Gasteiger partial charge in [0.1, 0.15) is 0 Å². The summed E-state index contributed by atoms with van der Waals surface area (Å²) in [5.41, 5.74) is 0.975. The molecule has 18 heavy (non-hydrogen) atoms. The number of hydrogen-bond acceptors (Lipinski definition) is 2. The lowest BCUT2D eigenvalue weighted by Crippen LogP contribution is -2.41. The van der Waals surface area contributed by atoms with E-state index in [1.165, 1.54) is 0 Å². The van der Waals surface area contributed by atoms with Crippen molar-refractivity contribution in [2.24, 2.45) is 5.92 Å². The van der Waals surface area contributed by atoms with Crippen LogP contribution in [0.15, 0.2) is 30.3 Å². The van der Waals surface area contributed by atoms with Crippen LogP contribution in [0.4, 0.5) is 4.79 Å². The van der Waals surface area contributed by atoms with Crippen LogP contribution >= 0.6 is 0 Å². The number of amides is 2. The van der Waals surface area contributed by atoms with Crippen molar-refractivity contribution >= 4 is 6.03 Å². The molecular formula is C14H20N2O2. The fourth-order valence-corrected chi connectivity index (χ4v) is 2.49. The van der Waals surface area contributed by atoms with Gasteiger partial charge < -0.3 is 15.3 Å². The molecule has 0 saturated carbocycles. The number of carbonyl (C=O) groups is 1. The molecule has 4 nitrogen and oxygen atoms in total. The largest absolute Gasteiger partial charge is 0.394 e. The third-order valence-electron chi connectivity index (χ3n) is 3.52. The Labute approximate surface area is 108 Å². The van der Waals surface area contributed by atoms with Crippen molar-refractivity contribution < 1.29 is 9.90 Å². The Morgan fingerprint density at radius 2 is 2.06 bits per heavy atom. The minimum atomic E-state index is -0.263. The summed E-state index contributed by atoms with van der Waals surface area (Å²) >= 11 is 0. The highest BCUT2D eigenvalue weighted by molar-refractivity contribution is 5.77. The van der Waals surface area contributed by atoms with E-state index in [0.29, 0.717) is 12.5 Å². The van der Waals surface area contributed by atoms with Gasteiger partial charge in [0.15, 0.2) is 0 Å². The maximum Gasteiger partial charge on any atom is 0.318 e. The Bertz CT molecular complexity index is 406. The summed E-state index contributed by atoms with van der Waals surface area (Å²) in [7, 11) is 0. The van der Waals surface area contributed by atoms with Crippen molar-refractivity contribution in [3.8, 4) is 0 Å². The summed E-state index contributed by atoms with van der Waals surface area (Å²) in [5, 5.41) is 12.5. The van der Waals surface area contributed by atoms with E-state index in [2.05, 4.69) is 19.2 Å². The second-order valence-electron chi connectivity index (χ2n) is 5.01. The molecule has 0 unspecified atom stereocenters. The van der Waals surface area contributed by atoms with Gasteiger partial charge in [-0.05, 0) is 11.5 Å². The van der Waals surface area contributed by atoms with Gasteiger partial charge in [-0.25, -0.2) is 4.79 Å². The molecule has 0 aromatic heterocycles. The van der Waals surface area contributed by atoms with Gasteiger partial charge in [0, 0.05) is 6.54 Å². The summed E-state index contributed by atoms with van der Waals surface area (Å²) in [5.74, 6) is 0.363. The Kier molecular flexibility index (Phi) is 3.87. The Hall–Kier alpha value is -1.55. The van der Waals surface area contributed by atoms with E-state index < -0.39 is 0 Å². The average Bonchev–Trinajstić information content (AvgIpc) is 2.74. The van der Waals surface area contributed by atoms with Gasteiger partial charge in [0.25, 0.3) is 0 Å². The van der Waals surface area contributed by atoms with Gasteiger partial charge in [0.2, 0.25) is 0 Å². The minimum absolute atomic E-state index is 0.0549. The first-order valence-corrected chi connectivity index (χ1v) is 6.37. The normalized spacial score (nSPS) is 21.2. The molecule has 2 N–H and O–H groups in total. The number of aliphatic hydroxyl groups is 1. The number of aliphatic hydroxyl groups excluding tert-OH is 1. The van der Waals surface area contributed by atoms with Gasteiger partial charge in [-0.1, -0.05) is 44.2 Å². The second-order valence-corrected chi connectivity index (χ2v) is 5.01. The first kappa shape index (κ1) is 12.9. The molecule has 2 atom stereocenters. The SMILES string of the molecule is CC(C)[C@H]1CNC(=O)N1[C@H](CO)c1ccccc1. The molecule has 1 aromatic rings. The summed E-state index contributed by atoms with van der Waals surface area (Å²) in [6.07, 6.45) is 0. The molecule has 1 fully saturated rings. The number of rotatable bonds is 4. The van der Waals surface area contributed by atoms with Crippen LogP contribution in [-0.4, -0.2) is 35.2 Å². The van der Waals surface area contributed by atoms with Crippen molar-refractivity contribution in [1.29, 1.82) is 0 Å². The molecule has 0 spiro atoms. The van der Waals surface area contributed by atoms with E-state index in [1.807, 2.05) is 30.3 Å². The molecule has 0 aliphatic carbocycles. The van der Waals surface area contributed by atoms with Crippen LogP contribution in [0.5, 0.6) is 0 Å². The van der Waals surface area contributed by atoms with Gasteiger partial charge in [-0.15, -0.1) is 0 Å². The lowest BCUT2D eigenvalue weighted by Gasteiger charge is -2.33. The third-order valence-corrected chi connectivity index (χ3v) is 3.52. The molecular weight excluding hydrogens is 228 g/mol. The molecule has 1 aliphatic heterocycles. The highest BCUT2D eigenvalue weighted by atomic mass is 16.3. The van der Waals surface area contributed by atoms with Crippen LogP contribution in [0, 0.1) is 5.92 Å². The lowest BCUT2D eigenvalue weighted by molar-refractivity contribution is 0.114. The summed E-state index contributed by atoms with van der Waals surface area (Å²) in [6, 6.07) is 9.47. The van der Waals surface area contributed by atoms with Gasteiger partial charge >= 0.3 is 6.03 Å². The fourth-order valence-electron chi connectivity index (χ4n) is 2.49. The monoisotopic (exact) mass is 248 g/mol. The molecule has 2 amide bonds. The molecule has 0 bridgehead atoms. The molecule has 98 valence electrons. The number of urea groups is 1. The summed E-state index contributed by atoms with van der Waals surface area (Å²) < 4.78 is 0. The Morgan fingerprint density at radius 3 is 2.61 bits per heavy atom. The van der Waals surface area contributed by atoms with Crippen LogP contribution in [0.25, 0.3) is 0 Å². The van der Waals surface area contributed by atoms with Crippen LogP contribution < -0.4 is 5.32 Å². The van der Waals surface area contributed by atoms with Crippen molar-refractivity contribution in [3.05, 3.63) is 35.9 Å². The third kappa shape index (κ3) is 2.34. The maximum atomic E-state index is 12.0. The zero-order chi connectivity index (χ0) is 13.1. The predicted molar refractivity (Wildman–Crippen MR) is 70.1 cm³/mol. The summed E-state index contributed by atoms with van der Waals surface area (Å²) in [6.45, 7) is 4.79. The maximum absolute atomic E-state index is 12.0. The second kappa shape index (κ2) is 5.40. The number of hydrogen-bond donors (Lipinski definition) is 2. The van der Waals surface area contributed by atoms with Gasteiger partial charge in [0.05, 0.1) is 18.7 Å². The van der Waals surface area contributed by atoms with Crippen LogP contribution in [0.2, 0.25) is 0 Å². The summed E-state index contributed by atoms with van der Waals surface area (Å²) in [4.78, 5) is 13.7. The highest BCUT2D eigenvalue weighted by Crippen LogP contribution is 2.28. The highest BCUT2D eigenvalue weighted by Gasteiger charge is 2.37. The number of carbonyl (C=O) groups excluding carboxylic acids is 1. The fraction of sp³-hybridized carbons (Fsp3) is 0.500. The first-order valence-electron chi connectivity index (χ1n) is 6.37. The van der Waals surface area contributed by atoms with Gasteiger partial charge in [-0.2, -0.15) is 0 Å². The molecule has 0 radical (unpaired) electrons. The van der Waals surface area contributed by atoms with E-state index in [0.717, 1.165) is 5.56 Å². The van der Waals surface area contributed by atoms with E-state index in [9.17, 15) is 9.90 Å². The van der Waals surface area contributed by atoms with Gasteiger partial charge in [-0.3, -0.25) is 0 Å². The van der Waals surface area contributed by atoms with Crippen molar-refractivity contribution in [1.82, 2.24) is 10.2 Å². The zero-order valence-corrected chi connectivity index (χ0v) is 10.8. The molecule has 4 heteroatoms. The minimum Gasteiger partial charge on any atom is -0.394 e. The van der Waals surface area contributed by atoms with Crippen LogP contribution in [0.1, 0.15) is 25.5 Å². The zero-order valence-electron chi connectivity index (χ0n) is 10.8. The first-order chi connectivity index (χ1) is 8.65. The molecule has 1 aromatic carbocycles. The number of benzene rings is 1. The number of nitrogens with one attached hydrogen (secondary N) is 1. The van der Waals surface area contributed by atoms with E-state index in [-0.39, 0.29) is 24.7 Å². The van der Waals surface area contributed by atoms with Crippen molar-refractivity contribution in [3.63, 3.8) is 0 Å². The topological polar surface area (TPSA) is 52.6 Å². The molecule has 2 rings (SSSR count). The van der Waals surface area contributed by atoms with Crippen LogP contribution in [0.3, 0.4) is 0 Å². The van der Waals surface area contributed by atoms with E-state index >= 15 is 0 Å². The van der Waals surface area contributed by atoms with Crippen molar-refractivity contribution in [2.45, 2.75) is 25.9 Å². The molecule has 1 aliphatic rings. The van der Waals surface area contributed by atoms with E-state index in [1.54, 1.807) is 4.90 Å². The quantitative estimate of drug-likeness (QED) is 0.853.